The first-order chi connectivity index (χ1) is 9.31. The van der Waals surface area contributed by atoms with E-state index in [0.29, 0.717) is 11.7 Å². The van der Waals surface area contributed by atoms with Crippen molar-refractivity contribution in [3.8, 4) is 10.8 Å². The quantitative estimate of drug-likeness (QED) is 0.727. The fourth-order valence-electron chi connectivity index (χ4n) is 2.54. The maximum atomic E-state index is 5.50. The molecule has 0 unspecified atom stereocenters. The summed E-state index contributed by atoms with van der Waals surface area (Å²) in [6.45, 7) is 0. The van der Waals surface area contributed by atoms with Gasteiger partial charge >= 0.3 is 0 Å². The van der Waals surface area contributed by atoms with Gasteiger partial charge in [0, 0.05) is 5.92 Å². The first-order valence-corrected chi connectivity index (χ1v) is 7.03. The summed E-state index contributed by atoms with van der Waals surface area (Å²) < 4.78 is 1.83. The average Bonchev–Trinajstić information content (AvgIpc) is 3.11. The van der Waals surface area contributed by atoms with Crippen LogP contribution in [0.4, 0.5) is 5.95 Å². The van der Waals surface area contributed by atoms with Crippen LogP contribution in [0.15, 0.2) is 0 Å². The molecule has 0 saturated heterocycles. The summed E-state index contributed by atoms with van der Waals surface area (Å²) in [5.41, 5.74) is 5.50. The van der Waals surface area contributed by atoms with Crippen LogP contribution >= 0.6 is 11.3 Å². The van der Waals surface area contributed by atoms with Crippen LogP contribution in [-0.4, -0.2) is 35.0 Å². The topological polar surface area (TPSA) is 111 Å². The third-order valence-electron chi connectivity index (χ3n) is 3.44. The molecule has 0 aliphatic heterocycles. The van der Waals surface area contributed by atoms with E-state index in [1.165, 1.54) is 37.0 Å². The van der Waals surface area contributed by atoms with Crippen molar-refractivity contribution in [2.75, 3.05) is 5.73 Å². The van der Waals surface area contributed by atoms with Gasteiger partial charge in [-0.15, -0.1) is 20.4 Å². The molecule has 0 atom stereocenters. The van der Waals surface area contributed by atoms with Gasteiger partial charge in [-0.05, 0) is 12.8 Å². The number of hydrogen-bond acceptors (Lipinski definition) is 7. The molecule has 0 radical (unpaired) electrons. The van der Waals surface area contributed by atoms with Crippen LogP contribution in [-0.2, 0) is 0 Å². The highest BCUT2D eigenvalue weighted by Crippen LogP contribution is 2.34. The van der Waals surface area contributed by atoms with E-state index in [1.54, 1.807) is 0 Å². The van der Waals surface area contributed by atoms with Gasteiger partial charge in [0.1, 0.15) is 0 Å². The average molecular weight is 276 g/mol. The Morgan fingerprint density at radius 1 is 1.26 bits per heavy atom. The van der Waals surface area contributed by atoms with Crippen molar-refractivity contribution in [3.05, 3.63) is 5.82 Å². The lowest BCUT2D eigenvalue weighted by Gasteiger charge is -2.03. The molecule has 3 heterocycles. The van der Waals surface area contributed by atoms with Gasteiger partial charge in [-0.1, -0.05) is 24.2 Å². The number of fused-ring (bicyclic) bond motifs is 1. The number of hydrogen-bond donors (Lipinski definition) is 2. The molecule has 0 spiro atoms. The number of rotatable bonds is 2. The van der Waals surface area contributed by atoms with Crippen molar-refractivity contribution >= 4 is 22.2 Å². The summed E-state index contributed by atoms with van der Waals surface area (Å²) in [7, 11) is 0. The van der Waals surface area contributed by atoms with Gasteiger partial charge in [-0.25, -0.2) is 0 Å². The zero-order valence-electron chi connectivity index (χ0n) is 10.1. The lowest BCUT2D eigenvalue weighted by molar-refractivity contribution is 0.641. The van der Waals surface area contributed by atoms with Crippen LogP contribution in [0, 0.1) is 0 Å². The second kappa shape index (κ2) is 3.98. The molecule has 3 aromatic rings. The molecular weight excluding hydrogens is 264 g/mol. The van der Waals surface area contributed by atoms with Crippen LogP contribution in [0.3, 0.4) is 0 Å². The van der Waals surface area contributed by atoms with Gasteiger partial charge in [0.15, 0.2) is 16.7 Å². The Bertz CT molecular complexity index is 719. The molecule has 1 saturated carbocycles. The molecule has 1 aliphatic rings. The van der Waals surface area contributed by atoms with Crippen molar-refractivity contribution in [2.45, 2.75) is 31.6 Å². The molecule has 3 N–H and O–H groups in total. The summed E-state index contributed by atoms with van der Waals surface area (Å²) in [4.78, 5) is 4.86. The third kappa shape index (κ3) is 1.69. The fraction of sp³-hybridized carbons (Fsp3) is 0.500. The van der Waals surface area contributed by atoms with Crippen LogP contribution in [0.5, 0.6) is 0 Å². The zero-order valence-corrected chi connectivity index (χ0v) is 10.9. The maximum Gasteiger partial charge on any atom is 0.239 e. The number of H-pyrrole nitrogens is 1. The smallest absolute Gasteiger partial charge is 0.239 e. The van der Waals surface area contributed by atoms with E-state index in [-0.39, 0.29) is 5.95 Å². The number of nitrogens with two attached hydrogens (primary N) is 1. The molecule has 8 nitrogen and oxygen atoms in total. The van der Waals surface area contributed by atoms with Crippen molar-refractivity contribution in [1.82, 2.24) is 35.0 Å². The van der Waals surface area contributed by atoms with E-state index < -0.39 is 0 Å². The minimum absolute atomic E-state index is 0.219. The summed E-state index contributed by atoms with van der Waals surface area (Å²) >= 11 is 1.43. The lowest BCUT2D eigenvalue weighted by Crippen LogP contribution is -2.01. The van der Waals surface area contributed by atoms with Crippen LogP contribution < -0.4 is 5.73 Å². The fourth-order valence-corrected chi connectivity index (χ4v) is 3.32. The number of aromatic amines is 1. The molecule has 9 heteroatoms. The highest BCUT2D eigenvalue weighted by molar-refractivity contribution is 7.19. The SMILES string of the molecule is Nc1n[nH]c(-c2nn3c(C4CCCC4)nnc3s2)n1. The minimum atomic E-state index is 0.219. The third-order valence-corrected chi connectivity index (χ3v) is 4.35. The molecule has 0 aromatic carbocycles. The number of anilines is 1. The lowest BCUT2D eigenvalue weighted by atomic mass is 10.1. The van der Waals surface area contributed by atoms with Gasteiger partial charge in [-0.2, -0.15) is 9.50 Å². The standard InChI is InChI=1S/C10H12N8S/c11-9-12-6(13-15-9)8-17-18-7(5-3-1-2-4-5)14-16-10(18)19-8/h5H,1-4H2,(H3,11,12,13,15). The van der Waals surface area contributed by atoms with E-state index in [0.717, 1.165) is 15.8 Å². The monoisotopic (exact) mass is 276 g/mol. The van der Waals surface area contributed by atoms with Crippen LogP contribution in [0.2, 0.25) is 0 Å². The van der Waals surface area contributed by atoms with Crippen LogP contribution in [0.1, 0.15) is 37.4 Å². The Morgan fingerprint density at radius 2 is 2.11 bits per heavy atom. The van der Waals surface area contributed by atoms with Gasteiger partial charge in [-0.3, -0.25) is 5.10 Å². The molecule has 1 aliphatic carbocycles. The zero-order chi connectivity index (χ0) is 12.8. The van der Waals surface area contributed by atoms with Crippen molar-refractivity contribution < 1.29 is 0 Å². The molecule has 19 heavy (non-hydrogen) atoms. The Labute approximate surface area is 112 Å². The number of aromatic nitrogens is 7. The Hall–Kier alpha value is -2.03. The highest BCUT2D eigenvalue weighted by atomic mass is 32.1. The van der Waals surface area contributed by atoms with Gasteiger partial charge in [0.25, 0.3) is 0 Å². The maximum absolute atomic E-state index is 5.50. The van der Waals surface area contributed by atoms with E-state index in [2.05, 4.69) is 30.5 Å². The van der Waals surface area contributed by atoms with E-state index in [4.69, 9.17) is 5.73 Å². The molecular formula is C10H12N8S. The molecule has 98 valence electrons. The van der Waals surface area contributed by atoms with Gasteiger partial charge in [0.05, 0.1) is 0 Å². The largest absolute Gasteiger partial charge is 0.366 e. The van der Waals surface area contributed by atoms with Gasteiger partial charge in [0.2, 0.25) is 10.9 Å². The van der Waals surface area contributed by atoms with E-state index in [1.807, 2.05) is 4.52 Å². The summed E-state index contributed by atoms with van der Waals surface area (Å²) in [6.07, 6.45) is 4.86. The minimum Gasteiger partial charge on any atom is -0.366 e. The number of nitrogens with one attached hydrogen (secondary N) is 1. The predicted molar refractivity (Wildman–Crippen MR) is 69.7 cm³/mol. The molecule has 0 bridgehead atoms. The molecule has 3 aromatic heterocycles. The molecule has 4 rings (SSSR count). The number of nitrogens with zero attached hydrogens (tertiary/aromatic N) is 6. The second-order valence-electron chi connectivity index (χ2n) is 4.68. The summed E-state index contributed by atoms with van der Waals surface area (Å²) in [5.74, 6) is 2.23. The second-order valence-corrected chi connectivity index (χ2v) is 5.64. The van der Waals surface area contributed by atoms with Crippen molar-refractivity contribution in [1.29, 1.82) is 0 Å². The van der Waals surface area contributed by atoms with E-state index >= 15 is 0 Å². The van der Waals surface area contributed by atoms with Crippen molar-refractivity contribution in [2.24, 2.45) is 0 Å². The Kier molecular flexibility index (Phi) is 2.28. The first-order valence-electron chi connectivity index (χ1n) is 6.21. The Balaban J connectivity index is 1.79. The first kappa shape index (κ1) is 10.9. The molecule has 0 amide bonds. The number of nitrogen functional groups attached to an aromatic ring is 1. The predicted octanol–water partition coefficient (Wildman–Crippen LogP) is 1.21. The summed E-state index contributed by atoms with van der Waals surface area (Å²) in [6, 6.07) is 0. The summed E-state index contributed by atoms with van der Waals surface area (Å²) in [5, 5.41) is 20.3. The van der Waals surface area contributed by atoms with Crippen LogP contribution in [0.25, 0.3) is 15.8 Å². The normalized spacial score (nSPS) is 16.6. The molecule has 1 fully saturated rings. The van der Waals surface area contributed by atoms with Crippen molar-refractivity contribution in [3.63, 3.8) is 0 Å². The highest BCUT2D eigenvalue weighted by Gasteiger charge is 2.24. The van der Waals surface area contributed by atoms with Gasteiger partial charge < -0.3 is 5.73 Å². The Morgan fingerprint density at radius 3 is 2.84 bits per heavy atom. The van der Waals surface area contributed by atoms with E-state index in [9.17, 15) is 0 Å².